The van der Waals surface area contributed by atoms with Crippen LogP contribution in [0.15, 0.2) is 24.3 Å². The number of hydrogen-bond acceptors (Lipinski definition) is 2. The van der Waals surface area contributed by atoms with Crippen molar-refractivity contribution in [2.45, 2.75) is 44.6 Å². The Bertz CT molecular complexity index is 301. The van der Waals surface area contributed by atoms with E-state index in [-0.39, 0.29) is 0 Å². The number of hydrogen-bond donors (Lipinski definition) is 2. The second-order valence-electron chi connectivity index (χ2n) is 4.42. The molecule has 0 bridgehead atoms. The van der Waals surface area contributed by atoms with E-state index in [9.17, 15) is 0 Å². The molecular weight excluding hydrogens is 184 g/mol. The first-order valence-electron chi connectivity index (χ1n) is 5.97. The molecule has 0 atom stereocenters. The molecule has 1 saturated carbocycles. The fourth-order valence-electron chi connectivity index (χ4n) is 2.27. The van der Waals surface area contributed by atoms with Crippen molar-refractivity contribution in [3.05, 3.63) is 24.3 Å². The van der Waals surface area contributed by atoms with Crippen LogP contribution in [0.4, 0.5) is 11.4 Å². The number of rotatable bonds is 2. The average molecular weight is 204 g/mol. The summed E-state index contributed by atoms with van der Waals surface area (Å²) in [6, 6.07) is 8.67. The normalized spacial score (nSPS) is 18.4. The predicted molar refractivity (Wildman–Crippen MR) is 66.0 cm³/mol. The van der Waals surface area contributed by atoms with Crippen LogP contribution in [-0.4, -0.2) is 6.04 Å². The van der Waals surface area contributed by atoms with E-state index in [1.54, 1.807) is 0 Å². The lowest BCUT2D eigenvalue weighted by Crippen LogP contribution is -2.18. The molecule has 1 aromatic carbocycles. The molecule has 0 aliphatic heterocycles. The van der Waals surface area contributed by atoms with Crippen molar-refractivity contribution >= 4 is 11.4 Å². The standard InChI is InChI=1S/C13H20N2/c14-12-9-5-6-10-13(12)15-11-7-3-1-2-4-8-11/h5-6,9-11,15H,1-4,7-8,14H2. The Kier molecular flexibility index (Phi) is 3.49. The van der Waals surface area contributed by atoms with E-state index in [0.717, 1.165) is 11.4 Å². The van der Waals surface area contributed by atoms with Gasteiger partial charge in [0.1, 0.15) is 0 Å². The SMILES string of the molecule is Nc1ccccc1NC1CCCCCC1. The van der Waals surface area contributed by atoms with E-state index in [0.29, 0.717) is 6.04 Å². The van der Waals surface area contributed by atoms with Crippen LogP contribution in [0.3, 0.4) is 0 Å². The van der Waals surface area contributed by atoms with Crippen molar-refractivity contribution in [2.75, 3.05) is 11.1 Å². The van der Waals surface area contributed by atoms with Gasteiger partial charge in [-0.15, -0.1) is 0 Å². The van der Waals surface area contributed by atoms with Gasteiger partial charge >= 0.3 is 0 Å². The summed E-state index contributed by atoms with van der Waals surface area (Å²) in [4.78, 5) is 0. The van der Waals surface area contributed by atoms with Crippen molar-refractivity contribution in [3.8, 4) is 0 Å². The average Bonchev–Trinajstić information content (AvgIpc) is 2.50. The molecule has 1 fully saturated rings. The zero-order valence-corrected chi connectivity index (χ0v) is 9.21. The third-order valence-corrected chi connectivity index (χ3v) is 3.18. The molecule has 0 saturated heterocycles. The van der Waals surface area contributed by atoms with Gasteiger partial charge in [0.15, 0.2) is 0 Å². The maximum atomic E-state index is 5.91. The van der Waals surface area contributed by atoms with Crippen molar-refractivity contribution < 1.29 is 0 Å². The van der Waals surface area contributed by atoms with Crippen molar-refractivity contribution in [1.82, 2.24) is 0 Å². The molecule has 0 aromatic heterocycles. The quantitative estimate of drug-likeness (QED) is 0.572. The number of nitrogens with two attached hydrogens (primary N) is 1. The zero-order valence-electron chi connectivity index (χ0n) is 9.21. The van der Waals surface area contributed by atoms with Gasteiger partial charge in [-0.25, -0.2) is 0 Å². The predicted octanol–water partition coefficient (Wildman–Crippen LogP) is 3.40. The molecule has 2 nitrogen and oxygen atoms in total. The van der Waals surface area contributed by atoms with Gasteiger partial charge in [-0.1, -0.05) is 37.8 Å². The van der Waals surface area contributed by atoms with Gasteiger partial charge in [-0.3, -0.25) is 0 Å². The fourth-order valence-corrected chi connectivity index (χ4v) is 2.27. The third kappa shape index (κ3) is 2.88. The highest BCUT2D eigenvalue weighted by molar-refractivity contribution is 5.65. The number of nitrogen functional groups attached to an aromatic ring is 1. The van der Waals surface area contributed by atoms with Gasteiger partial charge in [0.05, 0.1) is 11.4 Å². The largest absolute Gasteiger partial charge is 0.397 e. The Hall–Kier alpha value is -1.18. The second kappa shape index (κ2) is 5.06. The summed E-state index contributed by atoms with van der Waals surface area (Å²) in [5.74, 6) is 0. The maximum absolute atomic E-state index is 5.91. The monoisotopic (exact) mass is 204 g/mol. The van der Waals surface area contributed by atoms with E-state index >= 15 is 0 Å². The molecule has 82 valence electrons. The summed E-state index contributed by atoms with van der Waals surface area (Å²) >= 11 is 0. The molecule has 15 heavy (non-hydrogen) atoms. The van der Waals surface area contributed by atoms with Crippen LogP contribution >= 0.6 is 0 Å². The lowest BCUT2D eigenvalue weighted by atomic mass is 10.1. The summed E-state index contributed by atoms with van der Waals surface area (Å²) in [5, 5.41) is 3.56. The number of nitrogens with one attached hydrogen (secondary N) is 1. The van der Waals surface area contributed by atoms with Gasteiger partial charge in [0, 0.05) is 6.04 Å². The molecule has 1 aliphatic carbocycles. The molecule has 0 amide bonds. The molecule has 2 heteroatoms. The molecule has 1 aromatic rings. The number of benzene rings is 1. The lowest BCUT2D eigenvalue weighted by Gasteiger charge is -2.18. The molecule has 0 radical (unpaired) electrons. The minimum Gasteiger partial charge on any atom is -0.397 e. The molecule has 3 N–H and O–H groups in total. The minimum atomic E-state index is 0.622. The maximum Gasteiger partial charge on any atom is 0.0576 e. The zero-order chi connectivity index (χ0) is 10.5. The first-order valence-corrected chi connectivity index (χ1v) is 5.97. The van der Waals surface area contributed by atoms with Crippen LogP contribution in [0.1, 0.15) is 38.5 Å². The van der Waals surface area contributed by atoms with Crippen LogP contribution in [0.25, 0.3) is 0 Å². The highest BCUT2D eigenvalue weighted by Gasteiger charge is 2.12. The lowest BCUT2D eigenvalue weighted by molar-refractivity contribution is 0.620. The Morgan fingerprint density at radius 2 is 1.67 bits per heavy atom. The smallest absolute Gasteiger partial charge is 0.0576 e. The topological polar surface area (TPSA) is 38.0 Å². The minimum absolute atomic E-state index is 0.622. The van der Waals surface area contributed by atoms with Gasteiger partial charge < -0.3 is 11.1 Å². The first-order chi connectivity index (χ1) is 7.36. The Morgan fingerprint density at radius 1 is 1.00 bits per heavy atom. The van der Waals surface area contributed by atoms with E-state index in [2.05, 4.69) is 11.4 Å². The third-order valence-electron chi connectivity index (χ3n) is 3.18. The summed E-state index contributed by atoms with van der Waals surface area (Å²) in [7, 11) is 0. The van der Waals surface area contributed by atoms with Gasteiger partial charge in [0.25, 0.3) is 0 Å². The van der Waals surface area contributed by atoms with Crippen LogP contribution < -0.4 is 11.1 Å². The van der Waals surface area contributed by atoms with Gasteiger partial charge in [-0.2, -0.15) is 0 Å². The van der Waals surface area contributed by atoms with Gasteiger partial charge in [0.2, 0.25) is 0 Å². The first kappa shape index (κ1) is 10.3. The Balaban J connectivity index is 1.98. The van der Waals surface area contributed by atoms with E-state index in [1.807, 2.05) is 18.2 Å². The molecule has 2 rings (SSSR count). The van der Waals surface area contributed by atoms with Gasteiger partial charge in [-0.05, 0) is 25.0 Å². The van der Waals surface area contributed by atoms with E-state index < -0.39 is 0 Å². The fraction of sp³-hybridized carbons (Fsp3) is 0.538. The van der Waals surface area contributed by atoms with Crippen molar-refractivity contribution in [1.29, 1.82) is 0 Å². The highest BCUT2D eigenvalue weighted by atomic mass is 14.9. The van der Waals surface area contributed by atoms with Crippen molar-refractivity contribution in [2.24, 2.45) is 0 Å². The highest BCUT2D eigenvalue weighted by Crippen LogP contribution is 2.24. The Morgan fingerprint density at radius 3 is 2.33 bits per heavy atom. The molecular formula is C13H20N2. The Labute approximate surface area is 91.9 Å². The summed E-state index contributed by atoms with van der Waals surface area (Å²) in [5.41, 5.74) is 7.88. The van der Waals surface area contributed by atoms with E-state index in [1.165, 1.54) is 38.5 Å². The van der Waals surface area contributed by atoms with Crippen LogP contribution in [0.5, 0.6) is 0 Å². The van der Waals surface area contributed by atoms with Crippen molar-refractivity contribution in [3.63, 3.8) is 0 Å². The number of para-hydroxylation sites is 2. The second-order valence-corrected chi connectivity index (χ2v) is 4.42. The number of anilines is 2. The summed E-state index contributed by atoms with van der Waals surface area (Å²) in [6.07, 6.45) is 8.06. The van der Waals surface area contributed by atoms with Crippen LogP contribution in [-0.2, 0) is 0 Å². The molecule has 1 aliphatic rings. The molecule has 0 heterocycles. The van der Waals surface area contributed by atoms with Crippen LogP contribution in [0.2, 0.25) is 0 Å². The van der Waals surface area contributed by atoms with Crippen LogP contribution in [0, 0.1) is 0 Å². The molecule has 0 spiro atoms. The molecule has 0 unspecified atom stereocenters. The summed E-state index contributed by atoms with van der Waals surface area (Å²) in [6.45, 7) is 0. The summed E-state index contributed by atoms with van der Waals surface area (Å²) < 4.78 is 0. The van der Waals surface area contributed by atoms with E-state index in [4.69, 9.17) is 5.73 Å².